The fourth-order valence-electron chi connectivity index (χ4n) is 1.75. The Kier molecular flexibility index (Phi) is 6.09. The Morgan fingerprint density at radius 2 is 1.94 bits per heavy atom. The zero-order chi connectivity index (χ0) is 13.6. The molecular formula is C14H22ClNO2. The van der Waals surface area contributed by atoms with Crippen molar-refractivity contribution in [3.63, 3.8) is 0 Å². The van der Waals surface area contributed by atoms with Crippen molar-refractivity contribution >= 4 is 11.6 Å². The molecule has 0 amide bonds. The van der Waals surface area contributed by atoms with Crippen LogP contribution in [0.2, 0.25) is 5.02 Å². The van der Waals surface area contributed by atoms with Gasteiger partial charge in [-0.05, 0) is 38.5 Å². The summed E-state index contributed by atoms with van der Waals surface area (Å²) in [6, 6.07) is 7.24. The zero-order valence-electron chi connectivity index (χ0n) is 11.2. The quantitative estimate of drug-likeness (QED) is 0.801. The van der Waals surface area contributed by atoms with Crippen molar-refractivity contribution in [2.75, 3.05) is 19.7 Å². The van der Waals surface area contributed by atoms with E-state index in [1.54, 1.807) is 12.1 Å². The van der Waals surface area contributed by atoms with Crippen LogP contribution in [-0.4, -0.2) is 30.4 Å². The molecule has 0 heterocycles. The molecule has 1 aromatic rings. The van der Waals surface area contributed by atoms with Crippen molar-refractivity contribution in [1.82, 2.24) is 5.32 Å². The first-order valence-corrected chi connectivity index (χ1v) is 6.60. The smallest absolute Gasteiger partial charge is 0.0914 e. The number of hydrogen-bond acceptors (Lipinski definition) is 3. The SMILES string of the molecule is CCOC(C)(C)CNCC(O)c1ccc(Cl)cc1. The number of benzene rings is 1. The molecule has 1 rings (SSSR count). The van der Waals surface area contributed by atoms with Gasteiger partial charge >= 0.3 is 0 Å². The predicted octanol–water partition coefficient (Wildman–Crippen LogP) is 2.78. The van der Waals surface area contributed by atoms with Gasteiger partial charge in [-0.3, -0.25) is 0 Å². The molecule has 0 spiro atoms. The number of aliphatic hydroxyl groups excluding tert-OH is 1. The summed E-state index contributed by atoms with van der Waals surface area (Å²) in [5, 5.41) is 13.9. The Morgan fingerprint density at radius 1 is 1.33 bits per heavy atom. The number of nitrogens with one attached hydrogen (secondary N) is 1. The van der Waals surface area contributed by atoms with E-state index in [0.29, 0.717) is 24.7 Å². The van der Waals surface area contributed by atoms with Crippen molar-refractivity contribution in [2.45, 2.75) is 32.5 Å². The third-order valence-corrected chi connectivity index (χ3v) is 2.93. The van der Waals surface area contributed by atoms with Gasteiger partial charge in [-0.1, -0.05) is 23.7 Å². The van der Waals surface area contributed by atoms with Gasteiger partial charge in [0.1, 0.15) is 0 Å². The molecule has 0 bridgehead atoms. The number of hydrogen-bond donors (Lipinski definition) is 2. The highest BCUT2D eigenvalue weighted by Gasteiger charge is 2.17. The minimum absolute atomic E-state index is 0.214. The number of halogens is 1. The maximum absolute atomic E-state index is 9.99. The van der Waals surface area contributed by atoms with E-state index in [2.05, 4.69) is 5.32 Å². The van der Waals surface area contributed by atoms with Gasteiger partial charge in [0.15, 0.2) is 0 Å². The fraction of sp³-hybridized carbons (Fsp3) is 0.571. The molecule has 0 saturated carbocycles. The van der Waals surface area contributed by atoms with E-state index in [0.717, 1.165) is 5.56 Å². The molecule has 2 N–H and O–H groups in total. The van der Waals surface area contributed by atoms with Crippen LogP contribution in [0.3, 0.4) is 0 Å². The largest absolute Gasteiger partial charge is 0.387 e. The summed E-state index contributed by atoms with van der Waals surface area (Å²) in [6.45, 7) is 7.92. The average molecular weight is 272 g/mol. The summed E-state index contributed by atoms with van der Waals surface area (Å²) < 4.78 is 5.57. The van der Waals surface area contributed by atoms with E-state index in [1.807, 2.05) is 32.9 Å². The first-order valence-electron chi connectivity index (χ1n) is 6.23. The van der Waals surface area contributed by atoms with E-state index < -0.39 is 6.10 Å². The lowest BCUT2D eigenvalue weighted by Crippen LogP contribution is -2.39. The van der Waals surface area contributed by atoms with Gasteiger partial charge in [-0.2, -0.15) is 0 Å². The Balaban J connectivity index is 2.37. The third kappa shape index (κ3) is 5.36. The Bertz CT molecular complexity index is 351. The van der Waals surface area contributed by atoms with Crippen LogP contribution >= 0.6 is 11.6 Å². The van der Waals surface area contributed by atoms with Gasteiger partial charge in [-0.25, -0.2) is 0 Å². The molecule has 102 valence electrons. The molecule has 3 nitrogen and oxygen atoms in total. The normalized spacial score (nSPS) is 13.6. The van der Waals surface area contributed by atoms with Crippen LogP contribution in [0, 0.1) is 0 Å². The molecule has 0 radical (unpaired) electrons. The van der Waals surface area contributed by atoms with E-state index in [4.69, 9.17) is 16.3 Å². The van der Waals surface area contributed by atoms with Gasteiger partial charge in [0.05, 0.1) is 11.7 Å². The molecule has 18 heavy (non-hydrogen) atoms. The van der Waals surface area contributed by atoms with Gasteiger partial charge in [0.2, 0.25) is 0 Å². The standard InChI is InChI=1S/C14H22ClNO2/c1-4-18-14(2,3)10-16-9-13(17)11-5-7-12(15)8-6-11/h5-8,13,16-17H,4,9-10H2,1-3H3. The molecule has 0 aliphatic rings. The highest BCUT2D eigenvalue weighted by molar-refractivity contribution is 6.30. The summed E-state index contributed by atoms with van der Waals surface area (Å²) in [5.41, 5.74) is 0.648. The monoisotopic (exact) mass is 271 g/mol. The molecule has 0 aliphatic carbocycles. The topological polar surface area (TPSA) is 41.5 Å². The minimum atomic E-state index is -0.528. The zero-order valence-corrected chi connectivity index (χ0v) is 12.0. The molecule has 0 aliphatic heterocycles. The van der Waals surface area contributed by atoms with E-state index in [9.17, 15) is 5.11 Å². The van der Waals surface area contributed by atoms with Crippen LogP contribution in [0.4, 0.5) is 0 Å². The molecule has 0 aromatic heterocycles. The Morgan fingerprint density at radius 3 is 2.50 bits per heavy atom. The van der Waals surface area contributed by atoms with Gasteiger partial charge < -0.3 is 15.2 Å². The summed E-state index contributed by atoms with van der Waals surface area (Å²) in [7, 11) is 0. The highest BCUT2D eigenvalue weighted by atomic mass is 35.5. The first kappa shape index (κ1) is 15.4. The molecule has 4 heteroatoms. The van der Waals surface area contributed by atoms with Crippen LogP contribution in [0.5, 0.6) is 0 Å². The molecule has 1 unspecified atom stereocenters. The van der Waals surface area contributed by atoms with Crippen molar-refractivity contribution in [3.8, 4) is 0 Å². The Labute approximate surface area is 114 Å². The van der Waals surface area contributed by atoms with E-state index in [1.165, 1.54) is 0 Å². The molecular weight excluding hydrogens is 250 g/mol. The highest BCUT2D eigenvalue weighted by Crippen LogP contribution is 2.16. The van der Waals surface area contributed by atoms with Crippen molar-refractivity contribution < 1.29 is 9.84 Å². The second kappa shape index (κ2) is 7.10. The summed E-state index contributed by atoms with van der Waals surface area (Å²) in [4.78, 5) is 0. The van der Waals surface area contributed by atoms with Gasteiger partial charge in [0, 0.05) is 24.7 Å². The van der Waals surface area contributed by atoms with Crippen molar-refractivity contribution in [2.24, 2.45) is 0 Å². The lowest BCUT2D eigenvalue weighted by Gasteiger charge is -2.25. The van der Waals surface area contributed by atoms with Crippen LogP contribution in [0.25, 0.3) is 0 Å². The Hall–Kier alpha value is -0.610. The average Bonchev–Trinajstić information content (AvgIpc) is 2.29. The summed E-state index contributed by atoms with van der Waals surface area (Å²) >= 11 is 5.80. The van der Waals surface area contributed by atoms with Crippen LogP contribution in [-0.2, 0) is 4.74 Å². The molecule has 1 atom stereocenters. The maximum atomic E-state index is 9.99. The lowest BCUT2D eigenvalue weighted by atomic mass is 10.1. The number of rotatable bonds is 7. The maximum Gasteiger partial charge on any atom is 0.0914 e. The van der Waals surface area contributed by atoms with Crippen LogP contribution in [0.1, 0.15) is 32.4 Å². The minimum Gasteiger partial charge on any atom is -0.387 e. The van der Waals surface area contributed by atoms with Gasteiger partial charge in [-0.15, -0.1) is 0 Å². The molecule has 0 saturated heterocycles. The number of ether oxygens (including phenoxy) is 1. The van der Waals surface area contributed by atoms with Crippen molar-refractivity contribution in [1.29, 1.82) is 0 Å². The second-order valence-corrected chi connectivity index (χ2v) is 5.33. The summed E-state index contributed by atoms with van der Waals surface area (Å²) in [5.74, 6) is 0. The predicted molar refractivity (Wildman–Crippen MR) is 75.0 cm³/mol. The number of aliphatic hydroxyl groups is 1. The third-order valence-electron chi connectivity index (χ3n) is 2.68. The van der Waals surface area contributed by atoms with Crippen LogP contribution in [0.15, 0.2) is 24.3 Å². The van der Waals surface area contributed by atoms with Crippen molar-refractivity contribution in [3.05, 3.63) is 34.9 Å². The lowest BCUT2D eigenvalue weighted by molar-refractivity contribution is -0.0104. The first-order chi connectivity index (χ1) is 8.44. The molecule has 1 aromatic carbocycles. The van der Waals surface area contributed by atoms with Crippen LogP contribution < -0.4 is 5.32 Å². The second-order valence-electron chi connectivity index (χ2n) is 4.89. The fourth-order valence-corrected chi connectivity index (χ4v) is 1.88. The summed E-state index contributed by atoms with van der Waals surface area (Å²) in [6.07, 6.45) is -0.528. The van der Waals surface area contributed by atoms with E-state index >= 15 is 0 Å². The molecule has 0 fully saturated rings. The van der Waals surface area contributed by atoms with E-state index in [-0.39, 0.29) is 5.60 Å². The van der Waals surface area contributed by atoms with Gasteiger partial charge in [0.25, 0.3) is 0 Å².